The molecular weight excluding hydrogens is 248 g/mol. The molecule has 0 bridgehead atoms. The summed E-state index contributed by atoms with van der Waals surface area (Å²) in [5, 5.41) is 13.5. The van der Waals surface area contributed by atoms with Crippen LogP contribution in [0.15, 0.2) is 18.2 Å². The van der Waals surface area contributed by atoms with E-state index in [1.165, 1.54) is 25.3 Å². The monoisotopic (exact) mass is 258 g/mol. The molecule has 7 heteroatoms. The van der Waals surface area contributed by atoms with E-state index in [-0.39, 0.29) is 22.8 Å². The second-order valence-electron chi connectivity index (χ2n) is 3.17. The van der Waals surface area contributed by atoms with E-state index in [2.05, 4.69) is 5.32 Å². The van der Waals surface area contributed by atoms with Gasteiger partial charge in [-0.1, -0.05) is 11.6 Å². The highest BCUT2D eigenvalue weighted by atomic mass is 35.5. The van der Waals surface area contributed by atoms with Crippen molar-refractivity contribution in [3.8, 4) is 0 Å². The van der Waals surface area contributed by atoms with E-state index in [0.717, 1.165) is 0 Å². The van der Waals surface area contributed by atoms with Crippen molar-refractivity contribution in [3.63, 3.8) is 0 Å². The standard InChI is InChI=1S/C10H11ClN2O4/c1-17-5-4-12-10(14)8-6-7(11)2-3-9(8)13(15)16/h2-3,6H,4-5H2,1H3,(H,12,14). The summed E-state index contributed by atoms with van der Waals surface area (Å²) in [5.74, 6) is -0.545. The van der Waals surface area contributed by atoms with Gasteiger partial charge in [0, 0.05) is 24.7 Å². The topological polar surface area (TPSA) is 81.5 Å². The van der Waals surface area contributed by atoms with Gasteiger partial charge in [0.05, 0.1) is 11.5 Å². The number of nitrogens with one attached hydrogen (secondary N) is 1. The number of rotatable bonds is 5. The molecule has 1 aromatic rings. The number of nitrogens with zero attached hydrogens (tertiary/aromatic N) is 1. The van der Waals surface area contributed by atoms with Crippen LogP contribution in [0.1, 0.15) is 10.4 Å². The van der Waals surface area contributed by atoms with Crippen molar-refractivity contribution in [1.29, 1.82) is 0 Å². The normalized spacial score (nSPS) is 10.0. The molecule has 0 aliphatic carbocycles. The number of carbonyl (C=O) groups excluding carboxylic acids is 1. The number of hydrogen-bond acceptors (Lipinski definition) is 4. The van der Waals surface area contributed by atoms with Crippen LogP contribution in [0.2, 0.25) is 5.02 Å². The fourth-order valence-corrected chi connectivity index (χ4v) is 1.38. The van der Waals surface area contributed by atoms with Crippen LogP contribution in [-0.4, -0.2) is 31.1 Å². The maximum atomic E-state index is 11.7. The third-order valence-corrected chi connectivity index (χ3v) is 2.23. The fourth-order valence-electron chi connectivity index (χ4n) is 1.21. The molecule has 1 amide bonds. The summed E-state index contributed by atoms with van der Waals surface area (Å²) < 4.78 is 4.75. The van der Waals surface area contributed by atoms with Crippen LogP contribution < -0.4 is 5.32 Å². The van der Waals surface area contributed by atoms with E-state index >= 15 is 0 Å². The Morgan fingerprint density at radius 3 is 2.88 bits per heavy atom. The second-order valence-corrected chi connectivity index (χ2v) is 3.60. The molecule has 1 aromatic carbocycles. The molecule has 0 atom stereocenters. The summed E-state index contributed by atoms with van der Waals surface area (Å²) in [4.78, 5) is 21.8. The van der Waals surface area contributed by atoms with Gasteiger partial charge in [0.15, 0.2) is 0 Å². The molecule has 17 heavy (non-hydrogen) atoms. The summed E-state index contributed by atoms with van der Waals surface area (Å²) in [7, 11) is 1.49. The van der Waals surface area contributed by atoms with Crippen molar-refractivity contribution in [2.45, 2.75) is 0 Å². The average molecular weight is 259 g/mol. The number of halogens is 1. The molecule has 0 radical (unpaired) electrons. The number of carbonyl (C=O) groups is 1. The van der Waals surface area contributed by atoms with E-state index in [1.54, 1.807) is 0 Å². The second kappa shape index (κ2) is 6.17. The predicted octanol–water partition coefficient (Wildman–Crippen LogP) is 1.62. The lowest BCUT2D eigenvalue weighted by atomic mass is 10.1. The first-order valence-corrected chi connectivity index (χ1v) is 5.15. The molecule has 0 aliphatic rings. The molecule has 1 rings (SSSR count). The maximum absolute atomic E-state index is 11.7. The van der Waals surface area contributed by atoms with Gasteiger partial charge in [0.2, 0.25) is 0 Å². The molecule has 0 heterocycles. The lowest BCUT2D eigenvalue weighted by Crippen LogP contribution is -2.27. The minimum absolute atomic E-state index is 0.0568. The van der Waals surface area contributed by atoms with Crippen LogP contribution in [0.25, 0.3) is 0 Å². The summed E-state index contributed by atoms with van der Waals surface area (Å²) in [5.41, 5.74) is -0.331. The van der Waals surface area contributed by atoms with E-state index in [1.807, 2.05) is 0 Å². The van der Waals surface area contributed by atoms with Crippen LogP contribution in [0, 0.1) is 10.1 Å². The fraction of sp³-hybridized carbons (Fsp3) is 0.300. The zero-order chi connectivity index (χ0) is 12.8. The van der Waals surface area contributed by atoms with Crippen LogP contribution >= 0.6 is 11.6 Å². The molecule has 0 saturated carbocycles. The lowest BCUT2D eigenvalue weighted by Gasteiger charge is -2.05. The van der Waals surface area contributed by atoms with Crippen molar-refractivity contribution in [1.82, 2.24) is 5.32 Å². The smallest absolute Gasteiger partial charge is 0.282 e. The Labute approximate surface area is 103 Å². The predicted molar refractivity (Wildman–Crippen MR) is 62.3 cm³/mol. The largest absolute Gasteiger partial charge is 0.383 e. The minimum atomic E-state index is -0.623. The maximum Gasteiger partial charge on any atom is 0.282 e. The Bertz CT molecular complexity index is 436. The van der Waals surface area contributed by atoms with Gasteiger partial charge < -0.3 is 10.1 Å². The number of methoxy groups -OCH3 is 1. The molecule has 0 fully saturated rings. The molecule has 6 nitrogen and oxygen atoms in total. The molecule has 92 valence electrons. The van der Waals surface area contributed by atoms with Crippen molar-refractivity contribution in [2.24, 2.45) is 0 Å². The highest BCUT2D eigenvalue weighted by Gasteiger charge is 2.19. The van der Waals surface area contributed by atoms with Crippen molar-refractivity contribution >= 4 is 23.2 Å². The summed E-state index contributed by atoms with van der Waals surface area (Å²) in [6.07, 6.45) is 0. The zero-order valence-electron chi connectivity index (χ0n) is 9.10. The van der Waals surface area contributed by atoms with Crippen molar-refractivity contribution in [3.05, 3.63) is 38.9 Å². The highest BCUT2D eigenvalue weighted by Crippen LogP contribution is 2.22. The first kappa shape index (κ1) is 13.4. The van der Waals surface area contributed by atoms with E-state index < -0.39 is 10.8 Å². The molecule has 1 N–H and O–H groups in total. The average Bonchev–Trinajstić information content (AvgIpc) is 2.28. The number of amides is 1. The SMILES string of the molecule is COCCNC(=O)c1cc(Cl)ccc1[N+](=O)[O-]. The van der Waals surface area contributed by atoms with Gasteiger partial charge >= 0.3 is 0 Å². The Kier molecular flexibility index (Phi) is 4.86. The highest BCUT2D eigenvalue weighted by molar-refractivity contribution is 6.31. The van der Waals surface area contributed by atoms with E-state index in [0.29, 0.717) is 6.61 Å². The van der Waals surface area contributed by atoms with Crippen LogP contribution in [0.4, 0.5) is 5.69 Å². The first-order chi connectivity index (χ1) is 8.06. The Hall–Kier alpha value is -1.66. The van der Waals surface area contributed by atoms with Gasteiger partial charge in [0.25, 0.3) is 11.6 Å². The van der Waals surface area contributed by atoms with Gasteiger partial charge in [0.1, 0.15) is 5.56 Å². The van der Waals surface area contributed by atoms with Crippen LogP contribution in [0.3, 0.4) is 0 Å². The summed E-state index contributed by atoms with van der Waals surface area (Å²) in [6.45, 7) is 0.610. The molecule has 0 saturated heterocycles. The number of nitro benzene ring substituents is 1. The zero-order valence-corrected chi connectivity index (χ0v) is 9.86. The summed E-state index contributed by atoms with van der Waals surface area (Å²) >= 11 is 5.70. The Morgan fingerprint density at radius 1 is 1.59 bits per heavy atom. The number of ether oxygens (including phenoxy) is 1. The number of hydrogen-bond donors (Lipinski definition) is 1. The van der Waals surface area contributed by atoms with Gasteiger partial charge in [-0.2, -0.15) is 0 Å². The minimum Gasteiger partial charge on any atom is -0.383 e. The molecule has 0 aromatic heterocycles. The Balaban J connectivity index is 2.90. The third kappa shape index (κ3) is 3.69. The quantitative estimate of drug-likeness (QED) is 0.494. The van der Waals surface area contributed by atoms with Gasteiger partial charge in [-0.05, 0) is 12.1 Å². The molecule has 0 unspecified atom stereocenters. The molecule has 0 spiro atoms. The van der Waals surface area contributed by atoms with E-state index in [9.17, 15) is 14.9 Å². The molecular formula is C10H11ClN2O4. The number of nitro groups is 1. The van der Waals surface area contributed by atoms with E-state index in [4.69, 9.17) is 16.3 Å². The van der Waals surface area contributed by atoms with Crippen LogP contribution in [-0.2, 0) is 4.74 Å². The van der Waals surface area contributed by atoms with Gasteiger partial charge in [-0.3, -0.25) is 14.9 Å². The summed E-state index contributed by atoms with van der Waals surface area (Å²) in [6, 6.07) is 3.83. The van der Waals surface area contributed by atoms with Crippen molar-refractivity contribution in [2.75, 3.05) is 20.3 Å². The first-order valence-electron chi connectivity index (χ1n) is 4.77. The Morgan fingerprint density at radius 2 is 2.29 bits per heavy atom. The van der Waals surface area contributed by atoms with Gasteiger partial charge in [-0.15, -0.1) is 0 Å². The molecule has 0 aliphatic heterocycles. The van der Waals surface area contributed by atoms with Crippen molar-refractivity contribution < 1.29 is 14.5 Å². The third-order valence-electron chi connectivity index (χ3n) is 1.99. The lowest BCUT2D eigenvalue weighted by molar-refractivity contribution is -0.385. The number of benzene rings is 1. The van der Waals surface area contributed by atoms with Gasteiger partial charge in [-0.25, -0.2) is 0 Å². The van der Waals surface area contributed by atoms with Crippen LogP contribution in [0.5, 0.6) is 0 Å².